The molecule has 2 aromatic carbocycles. The van der Waals surface area contributed by atoms with Crippen molar-refractivity contribution in [3.63, 3.8) is 0 Å². The largest absolute Gasteiger partial charge is 0.323 e. The second-order valence-corrected chi connectivity index (χ2v) is 4.80. The van der Waals surface area contributed by atoms with Crippen molar-refractivity contribution in [3.8, 4) is 6.07 Å². The van der Waals surface area contributed by atoms with Crippen LogP contribution in [0.1, 0.15) is 5.56 Å². The van der Waals surface area contributed by atoms with Crippen LogP contribution in [0.15, 0.2) is 36.4 Å². The van der Waals surface area contributed by atoms with E-state index in [1.807, 2.05) is 0 Å². The van der Waals surface area contributed by atoms with Gasteiger partial charge in [0.05, 0.1) is 15.7 Å². The van der Waals surface area contributed by atoms with Crippen LogP contribution in [0.5, 0.6) is 0 Å². The van der Waals surface area contributed by atoms with E-state index in [0.717, 1.165) is 6.07 Å². The number of anilines is 2. The smallest absolute Gasteiger partial charge is 0.308 e. The number of hydrogen-bond donors (Lipinski definition) is 2. The van der Waals surface area contributed by atoms with Crippen LogP contribution in [0.3, 0.4) is 0 Å². The molecule has 0 unspecified atom stereocenters. The van der Waals surface area contributed by atoms with Crippen molar-refractivity contribution in [3.05, 3.63) is 57.8 Å². The lowest BCUT2D eigenvalue weighted by molar-refractivity contribution is 0.262. The van der Waals surface area contributed by atoms with Crippen molar-refractivity contribution in [1.82, 2.24) is 0 Å². The summed E-state index contributed by atoms with van der Waals surface area (Å²) >= 11 is 11.6. The summed E-state index contributed by atoms with van der Waals surface area (Å²) in [5.41, 5.74) is 0.258. The van der Waals surface area contributed by atoms with Crippen molar-refractivity contribution in [2.75, 3.05) is 10.6 Å². The lowest BCUT2D eigenvalue weighted by Crippen LogP contribution is -2.20. The zero-order chi connectivity index (χ0) is 15.4. The van der Waals surface area contributed by atoms with E-state index in [9.17, 15) is 9.18 Å². The monoisotopic (exact) mass is 323 g/mol. The molecule has 0 fully saturated rings. The summed E-state index contributed by atoms with van der Waals surface area (Å²) in [5, 5.41) is 14.4. The average Bonchev–Trinajstić information content (AvgIpc) is 2.43. The fourth-order valence-electron chi connectivity index (χ4n) is 1.60. The van der Waals surface area contributed by atoms with E-state index in [1.54, 1.807) is 12.1 Å². The molecule has 0 heterocycles. The molecule has 2 N–H and O–H groups in total. The van der Waals surface area contributed by atoms with Crippen molar-refractivity contribution in [2.24, 2.45) is 0 Å². The van der Waals surface area contributed by atoms with Crippen molar-refractivity contribution in [2.45, 2.75) is 0 Å². The van der Waals surface area contributed by atoms with Crippen molar-refractivity contribution >= 4 is 40.6 Å². The van der Waals surface area contributed by atoms with Crippen LogP contribution in [0.2, 0.25) is 10.0 Å². The Morgan fingerprint density at radius 1 is 1.14 bits per heavy atom. The number of carbonyl (C=O) groups is 1. The van der Waals surface area contributed by atoms with Gasteiger partial charge in [-0.1, -0.05) is 29.3 Å². The van der Waals surface area contributed by atoms with Gasteiger partial charge in [-0.05, 0) is 30.3 Å². The molecule has 2 amide bonds. The van der Waals surface area contributed by atoms with Crippen molar-refractivity contribution in [1.29, 1.82) is 5.26 Å². The van der Waals surface area contributed by atoms with Gasteiger partial charge in [0.15, 0.2) is 0 Å². The normalized spacial score (nSPS) is 9.81. The molecule has 2 rings (SSSR count). The van der Waals surface area contributed by atoms with E-state index in [2.05, 4.69) is 10.6 Å². The minimum absolute atomic E-state index is 0.0788. The maximum absolute atomic E-state index is 13.4. The SMILES string of the molecule is N#Cc1c(F)cccc1NC(=O)Nc1ccc(Cl)c(Cl)c1. The van der Waals surface area contributed by atoms with E-state index < -0.39 is 11.8 Å². The molecule has 0 aliphatic heterocycles. The number of hydrogen-bond acceptors (Lipinski definition) is 2. The van der Waals surface area contributed by atoms with Gasteiger partial charge in [-0.25, -0.2) is 9.18 Å². The van der Waals surface area contributed by atoms with Crippen LogP contribution in [-0.2, 0) is 0 Å². The third kappa shape index (κ3) is 3.63. The number of benzene rings is 2. The molecule has 106 valence electrons. The fraction of sp³-hybridized carbons (Fsp3) is 0. The first kappa shape index (κ1) is 15.1. The Balaban J connectivity index is 2.14. The van der Waals surface area contributed by atoms with Gasteiger partial charge in [0.25, 0.3) is 0 Å². The van der Waals surface area contributed by atoms with Crippen LogP contribution in [-0.4, -0.2) is 6.03 Å². The van der Waals surface area contributed by atoms with Crippen LogP contribution >= 0.6 is 23.2 Å². The minimum atomic E-state index is -0.704. The van der Waals surface area contributed by atoms with E-state index in [0.29, 0.717) is 10.7 Å². The number of nitriles is 1. The molecule has 0 aliphatic carbocycles. The Labute approximate surface area is 130 Å². The molecular weight excluding hydrogens is 316 g/mol. The third-order valence-corrected chi connectivity index (χ3v) is 3.29. The fourth-order valence-corrected chi connectivity index (χ4v) is 1.90. The minimum Gasteiger partial charge on any atom is -0.308 e. The van der Waals surface area contributed by atoms with Gasteiger partial charge in [-0.3, -0.25) is 0 Å². The van der Waals surface area contributed by atoms with Gasteiger partial charge >= 0.3 is 6.03 Å². The molecule has 0 saturated heterocycles. The standard InChI is InChI=1S/C14H8Cl2FN3O/c15-10-5-4-8(6-11(10)16)19-14(21)20-13-3-1-2-12(17)9(13)7-18/h1-6H,(H2,19,20,21). The molecule has 2 aromatic rings. The van der Waals surface area contributed by atoms with E-state index in [1.165, 1.54) is 24.3 Å². The highest BCUT2D eigenvalue weighted by Crippen LogP contribution is 2.25. The zero-order valence-electron chi connectivity index (χ0n) is 10.5. The van der Waals surface area contributed by atoms with Crippen LogP contribution in [0.25, 0.3) is 0 Å². The Kier molecular flexibility index (Phi) is 4.63. The first-order valence-corrected chi connectivity index (χ1v) is 6.48. The summed E-state index contributed by atoms with van der Waals surface area (Å²) in [6.07, 6.45) is 0. The van der Waals surface area contributed by atoms with Crippen molar-refractivity contribution < 1.29 is 9.18 Å². The number of carbonyl (C=O) groups excluding carboxylic acids is 1. The Morgan fingerprint density at radius 3 is 2.57 bits per heavy atom. The van der Waals surface area contributed by atoms with Gasteiger partial charge in [0, 0.05) is 5.69 Å². The number of halogens is 3. The summed E-state index contributed by atoms with van der Waals surface area (Å²) in [4.78, 5) is 11.8. The highest BCUT2D eigenvalue weighted by Gasteiger charge is 2.11. The molecule has 4 nitrogen and oxygen atoms in total. The second-order valence-electron chi connectivity index (χ2n) is 3.98. The number of rotatable bonds is 2. The first-order valence-electron chi connectivity index (χ1n) is 5.73. The molecular formula is C14H8Cl2FN3O. The topological polar surface area (TPSA) is 64.9 Å². The maximum atomic E-state index is 13.4. The Bertz CT molecular complexity index is 743. The molecule has 0 saturated carbocycles. The van der Waals surface area contributed by atoms with Gasteiger partial charge < -0.3 is 10.6 Å². The third-order valence-electron chi connectivity index (χ3n) is 2.55. The lowest BCUT2D eigenvalue weighted by atomic mass is 10.2. The maximum Gasteiger partial charge on any atom is 0.323 e. The predicted octanol–water partition coefficient (Wildman–Crippen LogP) is 4.65. The lowest BCUT2D eigenvalue weighted by Gasteiger charge is -2.09. The molecule has 7 heteroatoms. The molecule has 0 bridgehead atoms. The molecule has 0 aromatic heterocycles. The summed E-state index contributed by atoms with van der Waals surface area (Å²) in [7, 11) is 0. The highest BCUT2D eigenvalue weighted by molar-refractivity contribution is 6.42. The Morgan fingerprint density at radius 2 is 1.90 bits per heavy atom. The summed E-state index contributed by atoms with van der Waals surface area (Å²) in [6.45, 7) is 0. The molecule has 0 spiro atoms. The average molecular weight is 324 g/mol. The number of urea groups is 1. The van der Waals surface area contributed by atoms with E-state index >= 15 is 0 Å². The summed E-state index contributed by atoms with van der Waals surface area (Å²) in [5.74, 6) is -0.704. The number of nitrogens with one attached hydrogen (secondary N) is 2. The number of nitrogens with zero attached hydrogens (tertiary/aromatic N) is 1. The van der Waals surface area contributed by atoms with Gasteiger partial charge in [-0.15, -0.1) is 0 Å². The molecule has 0 atom stereocenters. The van der Waals surface area contributed by atoms with Gasteiger partial charge in [0.2, 0.25) is 0 Å². The molecule has 0 aliphatic rings. The summed E-state index contributed by atoms with van der Waals surface area (Å²) < 4.78 is 13.4. The van der Waals surface area contributed by atoms with Gasteiger partial charge in [-0.2, -0.15) is 5.26 Å². The Hall–Kier alpha value is -2.29. The first-order chi connectivity index (χ1) is 10.0. The predicted molar refractivity (Wildman–Crippen MR) is 80.2 cm³/mol. The number of amides is 2. The van der Waals surface area contributed by atoms with Crippen LogP contribution < -0.4 is 10.6 Å². The highest BCUT2D eigenvalue weighted by atomic mass is 35.5. The van der Waals surface area contributed by atoms with E-state index in [-0.39, 0.29) is 16.3 Å². The quantitative estimate of drug-likeness (QED) is 0.844. The molecule has 0 radical (unpaired) electrons. The van der Waals surface area contributed by atoms with Crippen LogP contribution in [0.4, 0.5) is 20.6 Å². The van der Waals surface area contributed by atoms with Crippen LogP contribution in [0, 0.1) is 17.1 Å². The van der Waals surface area contributed by atoms with Gasteiger partial charge in [0.1, 0.15) is 17.4 Å². The molecule has 21 heavy (non-hydrogen) atoms. The summed E-state index contributed by atoms with van der Waals surface area (Å²) in [6, 6.07) is 9.59. The second kappa shape index (κ2) is 6.44. The van der Waals surface area contributed by atoms with E-state index in [4.69, 9.17) is 28.5 Å². The zero-order valence-corrected chi connectivity index (χ0v) is 12.0.